The monoisotopic (exact) mass is 257 g/mol. The van der Waals surface area contributed by atoms with Crippen molar-refractivity contribution in [3.8, 4) is 5.75 Å². The number of halogens is 3. The Morgan fingerprint density at radius 2 is 1.89 bits per heavy atom. The summed E-state index contributed by atoms with van der Waals surface area (Å²) >= 11 is 0. The summed E-state index contributed by atoms with van der Waals surface area (Å²) in [7, 11) is 0. The van der Waals surface area contributed by atoms with E-state index in [1.165, 1.54) is 6.07 Å². The van der Waals surface area contributed by atoms with E-state index in [9.17, 15) is 13.2 Å². The lowest BCUT2D eigenvalue weighted by molar-refractivity contribution is -0.274. The average Bonchev–Trinajstić information content (AvgIpc) is 2.88. The molecule has 0 amide bonds. The minimum atomic E-state index is -4.64. The molecule has 98 valence electrons. The zero-order valence-electron chi connectivity index (χ0n) is 9.81. The standard InChI is InChI=1S/C13H14F3NO/c14-13(15,16)18-10-5-3-4-9-11(10)17-8-12(9)6-1-2-7-12/h3-5,17H,1-2,6-8H2. The fourth-order valence-electron chi connectivity index (χ4n) is 3.22. The lowest BCUT2D eigenvalue weighted by Crippen LogP contribution is -2.23. The number of alkyl halides is 3. The molecule has 2 aliphatic rings. The summed E-state index contributed by atoms with van der Waals surface area (Å²) in [6.45, 7) is 0.723. The van der Waals surface area contributed by atoms with E-state index in [2.05, 4.69) is 10.1 Å². The molecule has 0 radical (unpaired) electrons. The highest BCUT2D eigenvalue weighted by molar-refractivity contribution is 5.69. The minimum Gasteiger partial charge on any atom is -0.404 e. The molecular formula is C13H14F3NO. The van der Waals surface area contributed by atoms with Gasteiger partial charge in [0.2, 0.25) is 0 Å². The van der Waals surface area contributed by atoms with Crippen LogP contribution in [0.4, 0.5) is 18.9 Å². The van der Waals surface area contributed by atoms with Crippen molar-refractivity contribution in [2.75, 3.05) is 11.9 Å². The molecule has 1 spiro atoms. The van der Waals surface area contributed by atoms with Crippen molar-refractivity contribution >= 4 is 5.69 Å². The van der Waals surface area contributed by atoms with Crippen molar-refractivity contribution < 1.29 is 17.9 Å². The molecule has 1 aromatic carbocycles. The predicted octanol–water partition coefficient (Wildman–Crippen LogP) is 3.82. The zero-order valence-corrected chi connectivity index (χ0v) is 9.81. The molecule has 0 atom stereocenters. The van der Waals surface area contributed by atoms with Gasteiger partial charge in [-0.05, 0) is 24.5 Å². The summed E-state index contributed by atoms with van der Waals surface area (Å²) in [6, 6.07) is 4.93. The van der Waals surface area contributed by atoms with Gasteiger partial charge in [0.25, 0.3) is 0 Å². The summed E-state index contributed by atoms with van der Waals surface area (Å²) in [4.78, 5) is 0. The highest BCUT2D eigenvalue weighted by atomic mass is 19.4. The molecule has 1 aromatic rings. The van der Waals surface area contributed by atoms with Crippen molar-refractivity contribution in [3.63, 3.8) is 0 Å². The van der Waals surface area contributed by atoms with Crippen molar-refractivity contribution in [2.45, 2.75) is 37.5 Å². The lowest BCUT2D eigenvalue weighted by Gasteiger charge is -2.22. The molecule has 0 bridgehead atoms. The number of ether oxygens (including phenoxy) is 1. The van der Waals surface area contributed by atoms with E-state index >= 15 is 0 Å². The number of anilines is 1. The molecular weight excluding hydrogens is 243 g/mol. The van der Waals surface area contributed by atoms with Crippen LogP contribution < -0.4 is 10.1 Å². The Labute approximate surface area is 103 Å². The molecule has 1 aliphatic heterocycles. The Balaban J connectivity index is 1.99. The van der Waals surface area contributed by atoms with Crippen molar-refractivity contribution in [2.24, 2.45) is 0 Å². The maximum absolute atomic E-state index is 12.3. The largest absolute Gasteiger partial charge is 0.573 e. The van der Waals surface area contributed by atoms with Crippen LogP contribution in [0.5, 0.6) is 5.75 Å². The Morgan fingerprint density at radius 1 is 1.17 bits per heavy atom. The van der Waals surface area contributed by atoms with Gasteiger partial charge in [0.15, 0.2) is 5.75 Å². The Bertz CT molecular complexity index is 464. The maximum Gasteiger partial charge on any atom is 0.573 e. The lowest BCUT2D eigenvalue weighted by atomic mass is 9.81. The van der Waals surface area contributed by atoms with Gasteiger partial charge < -0.3 is 10.1 Å². The molecule has 1 fully saturated rings. The van der Waals surface area contributed by atoms with Gasteiger partial charge in [0.05, 0.1) is 5.69 Å². The molecule has 2 nitrogen and oxygen atoms in total. The first-order valence-electron chi connectivity index (χ1n) is 6.13. The Morgan fingerprint density at radius 3 is 2.56 bits per heavy atom. The molecule has 18 heavy (non-hydrogen) atoms. The topological polar surface area (TPSA) is 21.3 Å². The van der Waals surface area contributed by atoms with E-state index < -0.39 is 6.36 Å². The number of para-hydroxylation sites is 1. The van der Waals surface area contributed by atoms with E-state index in [0.29, 0.717) is 5.69 Å². The summed E-state index contributed by atoms with van der Waals surface area (Å²) in [5.41, 5.74) is 1.54. The third kappa shape index (κ3) is 1.82. The molecule has 0 unspecified atom stereocenters. The van der Waals surface area contributed by atoms with Crippen LogP contribution in [0.2, 0.25) is 0 Å². The van der Waals surface area contributed by atoms with Crippen LogP contribution in [0.1, 0.15) is 31.2 Å². The fraction of sp³-hybridized carbons (Fsp3) is 0.538. The average molecular weight is 257 g/mol. The molecule has 1 heterocycles. The highest BCUT2D eigenvalue weighted by Crippen LogP contribution is 2.51. The van der Waals surface area contributed by atoms with E-state index in [-0.39, 0.29) is 11.2 Å². The van der Waals surface area contributed by atoms with Crippen molar-refractivity contribution in [3.05, 3.63) is 23.8 Å². The normalized spacial score (nSPS) is 20.8. The highest BCUT2D eigenvalue weighted by Gasteiger charge is 2.43. The Hall–Kier alpha value is -1.39. The third-order valence-electron chi connectivity index (χ3n) is 3.99. The second-order valence-electron chi connectivity index (χ2n) is 5.07. The minimum absolute atomic E-state index is 0.0281. The summed E-state index contributed by atoms with van der Waals surface area (Å²) in [5.74, 6) is -0.108. The number of nitrogens with one attached hydrogen (secondary N) is 1. The zero-order chi connectivity index (χ0) is 12.8. The SMILES string of the molecule is FC(F)(F)Oc1cccc2c1NCC21CCCC1. The van der Waals surface area contributed by atoms with Crippen LogP contribution >= 0.6 is 0 Å². The number of hydrogen-bond acceptors (Lipinski definition) is 2. The van der Waals surface area contributed by atoms with Gasteiger partial charge in [-0.1, -0.05) is 25.0 Å². The quantitative estimate of drug-likeness (QED) is 0.825. The molecule has 1 N–H and O–H groups in total. The van der Waals surface area contributed by atoms with Crippen molar-refractivity contribution in [1.82, 2.24) is 0 Å². The van der Waals surface area contributed by atoms with Crippen molar-refractivity contribution in [1.29, 1.82) is 0 Å². The molecule has 1 aliphatic carbocycles. The Kier molecular flexibility index (Phi) is 2.47. The van der Waals surface area contributed by atoms with Gasteiger partial charge in [-0.2, -0.15) is 0 Å². The van der Waals surface area contributed by atoms with Gasteiger partial charge in [-0.25, -0.2) is 0 Å². The summed E-state index contributed by atoms with van der Waals surface area (Å²) in [5, 5.41) is 3.10. The van der Waals surface area contributed by atoms with Gasteiger partial charge in [-0.3, -0.25) is 0 Å². The predicted molar refractivity (Wildman–Crippen MR) is 61.8 cm³/mol. The maximum atomic E-state index is 12.3. The number of fused-ring (bicyclic) bond motifs is 2. The molecule has 0 saturated heterocycles. The third-order valence-corrected chi connectivity index (χ3v) is 3.99. The van der Waals surface area contributed by atoms with E-state index in [1.54, 1.807) is 6.07 Å². The van der Waals surface area contributed by atoms with Gasteiger partial charge >= 0.3 is 6.36 Å². The number of benzene rings is 1. The second kappa shape index (κ2) is 3.80. The van der Waals surface area contributed by atoms with Gasteiger partial charge in [-0.15, -0.1) is 13.2 Å². The second-order valence-corrected chi connectivity index (χ2v) is 5.07. The van der Waals surface area contributed by atoms with E-state index in [1.807, 2.05) is 6.07 Å². The summed E-state index contributed by atoms with van der Waals surface area (Å²) < 4.78 is 41.1. The number of hydrogen-bond donors (Lipinski definition) is 1. The van der Waals surface area contributed by atoms with E-state index in [0.717, 1.165) is 37.8 Å². The van der Waals surface area contributed by atoms with Gasteiger partial charge in [0.1, 0.15) is 0 Å². The first-order chi connectivity index (χ1) is 8.50. The van der Waals surface area contributed by atoms with Crippen LogP contribution in [-0.2, 0) is 5.41 Å². The molecule has 1 saturated carbocycles. The summed E-state index contributed by atoms with van der Waals surface area (Å²) in [6.07, 6.45) is -0.260. The molecule has 0 aromatic heterocycles. The van der Waals surface area contributed by atoms with Crippen LogP contribution in [0.25, 0.3) is 0 Å². The number of rotatable bonds is 1. The molecule has 3 rings (SSSR count). The molecule has 5 heteroatoms. The fourth-order valence-corrected chi connectivity index (χ4v) is 3.22. The van der Waals surface area contributed by atoms with Gasteiger partial charge in [0, 0.05) is 12.0 Å². The van der Waals surface area contributed by atoms with E-state index in [4.69, 9.17) is 0 Å². The smallest absolute Gasteiger partial charge is 0.404 e. The van der Waals surface area contributed by atoms with Crippen LogP contribution in [0.15, 0.2) is 18.2 Å². The van der Waals surface area contributed by atoms with Crippen LogP contribution in [0, 0.1) is 0 Å². The van der Waals surface area contributed by atoms with Crippen LogP contribution in [0.3, 0.4) is 0 Å². The first kappa shape index (κ1) is 11.7. The first-order valence-corrected chi connectivity index (χ1v) is 6.13. The van der Waals surface area contributed by atoms with Crippen LogP contribution in [-0.4, -0.2) is 12.9 Å².